The Morgan fingerprint density at radius 2 is 2.04 bits per heavy atom. The van der Waals surface area contributed by atoms with Crippen molar-refractivity contribution in [3.8, 4) is 0 Å². The molecule has 0 spiro atoms. The number of hydrogen-bond acceptors (Lipinski definition) is 3. The van der Waals surface area contributed by atoms with Crippen LogP contribution >= 0.6 is 0 Å². The summed E-state index contributed by atoms with van der Waals surface area (Å²) in [6, 6.07) is 6.14. The second-order valence-corrected chi connectivity index (χ2v) is 5.63. The minimum atomic E-state index is -0.515. The van der Waals surface area contributed by atoms with Crippen molar-refractivity contribution in [2.75, 3.05) is 6.61 Å². The fourth-order valence-corrected chi connectivity index (χ4v) is 2.58. The number of hydrogen-bond donors (Lipinski definition) is 1. The normalized spacial score (nSPS) is 11.2. The summed E-state index contributed by atoms with van der Waals surface area (Å²) in [4.78, 5) is 26.7. The Morgan fingerprint density at radius 1 is 1.30 bits per heavy atom. The van der Waals surface area contributed by atoms with Crippen molar-refractivity contribution in [1.82, 2.24) is 9.55 Å². The van der Waals surface area contributed by atoms with Crippen LogP contribution in [-0.4, -0.2) is 16.2 Å². The Balaban J connectivity index is 2.61. The van der Waals surface area contributed by atoms with Crippen molar-refractivity contribution >= 4 is 0 Å². The van der Waals surface area contributed by atoms with Crippen LogP contribution in [-0.2, 0) is 17.9 Å². The number of nitrogens with zero attached hydrogens (tertiary/aromatic N) is 1. The molecule has 0 saturated heterocycles. The Kier molecular flexibility index (Phi) is 5.50. The van der Waals surface area contributed by atoms with E-state index in [-0.39, 0.29) is 24.9 Å². The maximum Gasteiger partial charge on any atom is 0.330 e. The van der Waals surface area contributed by atoms with E-state index in [9.17, 15) is 14.0 Å². The maximum absolute atomic E-state index is 13.4. The van der Waals surface area contributed by atoms with Gasteiger partial charge >= 0.3 is 5.69 Å². The van der Waals surface area contributed by atoms with Crippen LogP contribution in [0.15, 0.2) is 33.9 Å². The summed E-state index contributed by atoms with van der Waals surface area (Å²) in [5.41, 5.74) is 0.868. The van der Waals surface area contributed by atoms with Gasteiger partial charge in [-0.1, -0.05) is 26.0 Å². The largest absolute Gasteiger partial charge is 0.361 e. The fourth-order valence-electron chi connectivity index (χ4n) is 2.58. The molecule has 0 saturated carbocycles. The molecule has 1 aromatic heterocycles. The molecule has 124 valence electrons. The molecule has 6 heteroatoms. The average molecular weight is 320 g/mol. The van der Waals surface area contributed by atoms with Gasteiger partial charge in [0, 0.05) is 24.3 Å². The molecule has 5 nitrogen and oxygen atoms in total. The molecule has 0 amide bonds. The average Bonchev–Trinajstić information content (AvgIpc) is 2.46. The Labute approximate surface area is 133 Å². The van der Waals surface area contributed by atoms with Gasteiger partial charge in [0.25, 0.3) is 5.56 Å². The minimum Gasteiger partial charge on any atom is -0.361 e. The number of H-pyrrole nitrogens is 1. The lowest BCUT2D eigenvalue weighted by Crippen LogP contribution is -2.36. The van der Waals surface area contributed by atoms with Gasteiger partial charge in [0.15, 0.2) is 0 Å². The van der Waals surface area contributed by atoms with Gasteiger partial charge < -0.3 is 4.74 Å². The topological polar surface area (TPSA) is 64.1 Å². The molecular formula is C17H21FN2O3. The minimum absolute atomic E-state index is 0.0521. The molecule has 0 aliphatic rings. The zero-order valence-corrected chi connectivity index (χ0v) is 13.6. The smallest absolute Gasteiger partial charge is 0.330 e. The third kappa shape index (κ3) is 3.96. The van der Waals surface area contributed by atoms with E-state index in [2.05, 4.69) is 4.98 Å². The standard InChI is InChI=1S/C17H21FN2O3/c1-4-23-10-20-14(9-12-6-5-7-13(18)8-12)15(11(2)3)16(21)19-17(20)22/h5-8,11H,4,9-10H2,1-3H3,(H,19,21,22). The molecule has 0 aliphatic heterocycles. The first-order chi connectivity index (χ1) is 10.9. The van der Waals surface area contributed by atoms with Crippen LogP contribution in [0, 0.1) is 5.82 Å². The number of aromatic nitrogens is 2. The van der Waals surface area contributed by atoms with Crippen LogP contribution in [0.1, 0.15) is 43.5 Å². The molecular weight excluding hydrogens is 299 g/mol. The Morgan fingerprint density at radius 3 is 2.65 bits per heavy atom. The van der Waals surface area contributed by atoms with E-state index in [1.165, 1.54) is 16.7 Å². The lowest BCUT2D eigenvalue weighted by atomic mass is 9.98. The predicted molar refractivity (Wildman–Crippen MR) is 86.2 cm³/mol. The van der Waals surface area contributed by atoms with E-state index in [1.54, 1.807) is 12.1 Å². The van der Waals surface area contributed by atoms with Crippen LogP contribution in [0.2, 0.25) is 0 Å². The summed E-state index contributed by atoms with van der Waals surface area (Å²) >= 11 is 0. The van der Waals surface area contributed by atoms with E-state index in [4.69, 9.17) is 4.74 Å². The summed E-state index contributed by atoms with van der Waals surface area (Å²) in [5.74, 6) is -0.423. The summed E-state index contributed by atoms with van der Waals surface area (Å²) < 4.78 is 20.2. The van der Waals surface area contributed by atoms with Gasteiger partial charge in [-0.15, -0.1) is 0 Å². The molecule has 0 atom stereocenters. The molecule has 0 radical (unpaired) electrons. The number of aromatic amines is 1. The van der Waals surface area contributed by atoms with Crippen LogP contribution in [0.4, 0.5) is 4.39 Å². The monoisotopic (exact) mass is 320 g/mol. The molecule has 0 unspecified atom stereocenters. The van der Waals surface area contributed by atoms with Crippen LogP contribution in [0.3, 0.4) is 0 Å². The highest BCUT2D eigenvalue weighted by Gasteiger charge is 2.18. The van der Waals surface area contributed by atoms with Crippen molar-refractivity contribution in [1.29, 1.82) is 0 Å². The molecule has 2 aromatic rings. The van der Waals surface area contributed by atoms with Crippen LogP contribution < -0.4 is 11.2 Å². The third-order valence-corrected chi connectivity index (χ3v) is 3.61. The second-order valence-electron chi connectivity index (χ2n) is 5.63. The number of rotatable bonds is 6. The molecule has 1 N–H and O–H groups in total. The Bertz CT molecular complexity index is 793. The fraction of sp³-hybridized carbons (Fsp3) is 0.412. The van der Waals surface area contributed by atoms with E-state index in [1.807, 2.05) is 20.8 Å². The lowest BCUT2D eigenvalue weighted by Gasteiger charge is -2.18. The Hall–Kier alpha value is -2.21. The van der Waals surface area contributed by atoms with Crippen molar-refractivity contribution in [2.45, 2.75) is 39.8 Å². The van der Waals surface area contributed by atoms with Gasteiger partial charge in [-0.25, -0.2) is 9.18 Å². The predicted octanol–water partition coefficient (Wildman–Crippen LogP) is 2.38. The number of ether oxygens (including phenoxy) is 1. The van der Waals surface area contributed by atoms with Crippen molar-refractivity contribution in [3.05, 3.63) is 67.7 Å². The molecule has 0 fully saturated rings. The van der Waals surface area contributed by atoms with Gasteiger partial charge in [0.2, 0.25) is 0 Å². The first-order valence-electron chi connectivity index (χ1n) is 7.62. The van der Waals surface area contributed by atoms with Crippen LogP contribution in [0.25, 0.3) is 0 Å². The van der Waals surface area contributed by atoms with Gasteiger partial charge in [-0.3, -0.25) is 14.3 Å². The summed E-state index contributed by atoms with van der Waals surface area (Å²) in [7, 11) is 0. The third-order valence-electron chi connectivity index (χ3n) is 3.61. The van der Waals surface area contributed by atoms with E-state index < -0.39 is 11.2 Å². The molecule has 2 rings (SSSR count). The van der Waals surface area contributed by atoms with Gasteiger partial charge in [0.1, 0.15) is 12.5 Å². The summed E-state index contributed by atoms with van der Waals surface area (Å²) in [5, 5.41) is 0. The van der Waals surface area contributed by atoms with Gasteiger partial charge in [-0.2, -0.15) is 0 Å². The van der Waals surface area contributed by atoms with E-state index in [0.717, 1.165) is 0 Å². The zero-order chi connectivity index (χ0) is 17.0. The van der Waals surface area contributed by atoms with Crippen molar-refractivity contribution < 1.29 is 9.13 Å². The van der Waals surface area contributed by atoms with Crippen LogP contribution in [0.5, 0.6) is 0 Å². The van der Waals surface area contributed by atoms with E-state index >= 15 is 0 Å². The number of nitrogens with one attached hydrogen (secondary N) is 1. The van der Waals surface area contributed by atoms with Gasteiger partial charge in [0.05, 0.1) is 0 Å². The molecule has 1 heterocycles. The lowest BCUT2D eigenvalue weighted by molar-refractivity contribution is 0.0821. The first-order valence-corrected chi connectivity index (χ1v) is 7.62. The maximum atomic E-state index is 13.4. The summed E-state index contributed by atoms with van der Waals surface area (Å²) in [6.07, 6.45) is 0.289. The number of halogens is 1. The summed E-state index contributed by atoms with van der Waals surface area (Å²) in [6.45, 7) is 6.09. The molecule has 1 aromatic carbocycles. The zero-order valence-electron chi connectivity index (χ0n) is 13.6. The van der Waals surface area contributed by atoms with Crippen molar-refractivity contribution in [3.63, 3.8) is 0 Å². The highest BCUT2D eigenvalue weighted by molar-refractivity contribution is 5.29. The number of benzene rings is 1. The molecule has 0 aliphatic carbocycles. The second kappa shape index (κ2) is 7.37. The molecule has 23 heavy (non-hydrogen) atoms. The highest BCUT2D eigenvalue weighted by atomic mass is 19.1. The van der Waals surface area contributed by atoms with Gasteiger partial charge in [-0.05, 0) is 30.5 Å². The van der Waals surface area contributed by atoms with Crippen molar-refractivity contribution in [2.24, 2.45) is 0 Å². The molecule has 0 bridgehead atoms. The first kappa shape index (κ1) is 17.1. The SMILES string of the molecule is CCOCn1c(Cc2cccc(F)c2)c(C(C)C)c(=O)[nH]c1=O. The quantitative estimate of drug-likeness (QED) is 0.889. The van der Waals surface area contributed by atoms with E-state index in [0.29, 0.717) is 23.4 Å². The highest BCUT2D eigenvalue weighted by Crippen LogP contribution is 2.18.